The zero-order chi connectivity index (χ0) is 6.53. The summed E-state index contributed by atoms with van der Waals surface area (Å²) in [7, 11) is 0. The molecule has 0 heterocycles. The molecule has 0 aliphatic heterocycles. The third kappa shape index (κ3) is 4.97. The first kappa shape index (κ1) is 11.2. The topological polar surface area (TPSA) is 0 Å². The van der Waals surface area contributed by atoms with Crippen molar-refractivity contribution in [3.8, 4) is 0 Å². The first-order valence-electron chi connectivity index (χ1n) is 4.03. The fourth-order valence-electron chi connectivity index (χ4n) is 1.41. The van der Waals surface area contributed by atoms with Gasteiger partial charge in [-0.1, -0.05) is 48.0 Å². The average molecular weight is 217 g/mol. The minimum absolute atomic E-state index is 0. The molecule has 1 saturated carbocycles. The molecule has 58 valence electrons. The van der Waals surface area contributed by atoms with Crippen molar-refractivity contribution in [2.75, 3.05) is 0 Å². The molecule has 0 unspecified atom stereocenters. The summed E-state index contributed by atoms with van der Waals surface area (Å²) in [6.07, 6.45) is 10.1. The third-order valence-electron chi connectivity index (χ3n) is 2.03. The molecule has 0 spiro atoms. The molecule has 1 aliphatic carbocycles. The average Bonchev–Trinajstić information content (AvgIpc) is 1.79. The van der Waals surface area contributed by atoms with Crippen LogP contribution in [-0.4, -0.2) is 27.9 Å². The van der Waals surface area contributed by atoms with Crippen molar-refractivity contribution >= 4 is 39.0 Å². The zero-order valence-electron chi connectivity index (χ0n) is 8.61. The van der Waals surface area contributed by atoms with Crippen molar-refractivity contribution in [2.24, 2.45) is 0 Å². The van der Waals surface area contributed by atoms with Crippen LogP contribution in [0.2, 0.25) is 0 Å². The third-order valence-corrected chi connectivity index (χ3v) is 2.95. The largest absolute Gasteiger partial charge is 2.00 e. The second-order valence-corrected chi connectivity index (χ2v) is 4.24. The van der Waals surface area contributed by atoms with Gasteiger partial charge < -0.3 is 2.85 Å². The Hall–Kier alpha value is 1.25. The molecule has 0 amide bonds. The van der Waals surface area contributed by atoms with Gasteiger partial charge in [0.2, 0.25) is 0 Å². The van der Waals surface area contributed by atoms with Crippen LogP contribution in [0.15, 0.2) is 0 Å². The number of hydrogen-bond donors (Lipinski definition) is 0. The molecular formula is C8H17BrMg. The fourth-order valence-corrected chi connectivity index (χ4v) is 2.05. The van der Waals surface area contributed by atoms with Crippen LogP contribution in [0, 0.1) is 0 Å². The second-order valence-electron chi connectivity index (χ2n) is 2.94. The summed E-state index contributed by atoms with van der Waals surface area (Å²) < 4.78 is 0. The van der Waals surface area contributed by atoms with Crippen LogP contribution in [-0.2, 0) is 0 Å². The Labute approximate surface area is 91.4 Å². The van der Waals surface area contributed by atoms with E-state index in [1.165, 1.54) is 44.9 Å². The Bertz CT molecular complexity index is 75.5. The van der Waals surface area contributed by atoms with E-state index in [1.807, 2.05) is 0 Å². The minimum Gasteiger partial charge on any atom is -1.00 e. The summed E-state index contributed by atoms with van der Waals surface area (Å²) in [5.74, 6) is 0. The standard InChI is InChI=1S/C8H15Br.Mg.2H/c9-8-6-4-2-1-3-5-7-8;;;/h8H,1-7H2;;;/q;+2;2*-1. The van der Waals surface area contributed by atoms with E-state index in [-0.39, 0.29) is 25.9 Å². The summed E-state index contributed by atoms with van der Waals surface area (Å²) in [4.78, 5) is 0.831. The van der Waals surface area contributed by atoms with Crippen LogP contribution in [0.5, 0.6) is 0 Å². The summed E-state index contributed by atoms with van der Waals surface area (Å²) >= 11 is 3.67. The predicted molar refractivity (Wildman–Crippen MR) is 53.0 cm³/mol. The molecule has 2 heteroatoms. The maximum atomic E-state index is 3.67. The molecule has 0 bridgehead atoms. The van der Waals surface area contributed by atoms with E-state index >= 15 is 0 Å². The molecule has 0 N–H and O–H groups in total. The van der Waals surface area contributed by atoms with Gasteiger partial charge in [-0.25, -0.2) is 0 Å². The van der Waals surface area contributed by atoms with Crippen molar-refractivity contribution in [3.63, 3.8) is 0 Å². The van der Waals surface area contributed by atoms with Crippen molar-refractivity contribution < 1.29 is 2.85 Å². The number of rotatable bonds is 0. The minimum atomic E-state index is 0. The molecule has 0 radical (unpaired) electrons. The van der Waals surface area contributed by atoms with Crippen LogP contribution >= 0.6 is 15.9 Å². The molecule has 0 atom stereocenters. The maximum absolute atomic E-state index is 3.67. The van der Waals surface area contributed by atoms with Gasteiger partial charge in [0.05, 0.1) is 0 Å². The van der Waals surface area contributed by atoms with Gasteiger partial charge in [0.1, 0.15) is 0 Å². The smallest absolute Gasteiger partial charge is 1.00 e. The Morgan fingerprint density at radius 1 is 0.900 bits per heavy atom. The fraction of sp³-hybridized carbons (Fsp3) is 1.00. The SMILES string of the molecule is BrC1CCCCCCC1.[H-].[H-].[Mg+2]. The van der Waals surface area contributed by atoms with Gasteiger partial charge in [0, 0.05) is 4.83 Å². The summed E-state index contributed by atoms with van der Waals surface area (Å²) in [5.41, 5.74) is 0. The molecule has 0 aromatic carbocycles. The van der Waals surface area contributed by atoms with Crippen LogP contribution in [0.3, 0.4) is 0 Å². The van der Waals surface area contributed by atoms with E-state index in [0.29, 0.717) is 0 Å². The van der Waals surface area contributed by atoms with Crippen molar-refractivity contribution in [1.29, 1.82) is 0 Å². The van der Waals surface area contributed by atoms with Crippen LogP contribution in [0.4, 0.5) is 0 Å². The second kappa shape index (κ2) is 6.93. The van der Waals surface area contributed by atoms with Gasteiger partial charge >= 0.3 is 23.1 Å². The van der Waals surface area contributed by atoms with Crippen LogP contribution in [0.25, 0.3) is 0 Å². The summed E-state index contributed by atoms with van der Waals surface area (Å²) in [6, 6.07) is 0. The Kier molecular flexibility index (Phi) is 7.79. The molecule has 1 aliphatic rings. The molecule has 0 aromatic rings. The normalized spacial score (nSPS) is 22.5. The van der Waals surface area contributed by atoms with E-state index in [0.717, 1.165) is 4.83 Å². The van der Waals surface area contributed by atoms with Crippen molar-refractivity contribution in [2.45, 2.75) is 49.8 Å². The monoisotopic (exact) mass is 216 g/mol. The van der Waals surface area contributed by atoms with Crippen LogP contribution < -0.4 is 0 Å². The van der Waals surface area contributed by atoms with E-state index < -0.39 is 0 Å². The molecular weight excluding hydrogens is 200 g/mol. The Morgan fingerprint density at radius 3 is 1.80 bits per heavy atom. The summed E-state index contributed by atoms with van der Waals surface area (Å²) in [5, 5.41) is 0. The van der Waals surface area contributed by atoms with Crippen LogP contribution in [0.1, 0.15) is 47.8 Å². The molecule has 1 rings (SSSR count). The molecule has 0 aromatic heterocycles. The maximum Gasteiger partial charge on any atom is 2.00 e. The Morgan fingerprint density at radius 2 is 1.30 bits per heavy atom. The molecule has 0 nitrogen and oxygen atoms in total. The van der Waals surface area contributed by atoms with Crippen molar-refractivity contribution in [3.05, 3.63) is 0 Å². The van der Waals surface area contributed by atoms with E-state index in [1.54, 1.807) is 0 Å². The van der Waals surface area contributed by atoms with Gasteiger partial charge in [-0.2, -0.15) is 0 Å². The predicted octanol–water partition coefficient (Wildman–Crippen LogP) is 3.34. The van der Waals surface area contributed by atoms with Gasteiger partial charge in [-0.15, -0.1) is 0 Å². The van der Waals surface area contributed by atoms with E-state index in [2.05, 4.69) is 15.9 Å². The molecule has 1 fully saturated rings. The zero-order valence-corrected chi connectivity index (χ0v) is 9.61. The first-order chi connectivity index (χ1) is 4.39. The van der Waals surface area contributed by atoms with Crippen molar-refractivity contribution in [1.82, 2.24) is 0 Å². The number of hydrogen-bond acceptors (Lipinski definition) is 0. The van der Waals surface area contributed by atoms with Gasteiger partial charge in [-0.05, 0) is 12.8 Å². The van der Waals surface area contributed by atoms with Gasteiger partial charge in [-0.3, -0.25) is 0 Å². The van der Waals surface area contributed by atoms with E-state index in [4.69, 9.17) is 0 Å². The van der Waals surface area contributed by atoms with Gasteiger partial charge in [0.25, 0.3) is 0 Å². The summed E-state index contributed by atoms with van der Waals surface area (Å²) in [6.45, 7) is 0. The molecule has 0 saturated heterocycles. The first-order valence-corrected chi connectivity index (χ1v) is 4.95. The Balaban J connectivity index is -0.000000270. The number of alkyl halides is 1. The van der Waals surface area contributed by atoms with E-state index in [9.17, 15) is 0 Å². The molecule has 10 heavy (non-hydrogen) atoms. The quantitative estimate of drug-likeness (QED) is 0.431. The number of halogens is 1. The van der Waals surface area contributed by atoms with Gasteiger partial charge in [0.15, 0.2) is 0 Å².